The fraction of sp³-hybridized carbons (Fsp3) is 0.231. The van der Waals surface area contributed by atoms with Crippen LogP contribution in [0.2, 0.25) is 0 Å². The third-order valence-corrected chi connectivity index (χ3v) is 2.94. The van der Waals surface area contributed by atoms with Crippen molar-refractivity contribution in [2.24, 2.45) is 5.73 Å². The number of hydrogen-bond donors (Lipinski definition) is 2. The lowest BCUT2D eigenvalue weighted by molar-refractivity contribution is 0.871. The van der Waals surface area contributed by atoms with Crippen LogP contribution in [-0.4, -0.2) is 28.1 Å². The van der Waals surface area contributed by atoms with Crippen molar-refractivity contribution >= 4 is 17.5 Å². The average molecular weight is 256 g/mol. The van der Waals surface area contributed by atoms with E-state index in [1.807, 2.05) is 39.1 Å². The molecule has 19 heavy (non-hydrogen) atoms. The van der Waals surface area contributed by atoms with E-state index in [1.165, 1.54) is 0 Å². The van der Waals surface area contributed by atoms with Gasteiger partial charge in [0.05, 0.1) is 17.1 Å². The highest BCUT2D eigenvalue weighted by atomic mass is 15.3. The van der Waals surface area contributed by atoms with Gasteiger partial charge in [-0.2, -0.15) is 5.10 Å². The molecule has 1 heterocycles. The molecule has 0 aliphatic carbocycles. The Labute approximate surface area is 111 Å². The first kappa shape index (κ1) is 12.9. The van der Waals surface area contributed by atoms with Gasteiger partial charge in [-0.15, -0.1) is 5.10 Å². The second-order valence-corrected chi connectivity index (χ2v) is 4.27. The van der Waals surface area contributed by atoms with Gasteiger partial charge in [0.15, 0.2) is 0 Å². The summed E-state index contributed by atoms with van der Waals surface area (Å²) in [6, 6.07) is 7.39. The van der Waals surface area contributed by atoms with Crippen LogP contribution in [0.4, 0.5) is 11.6 Å². The van der Waals surface area contributed by atoms with Crippen LogP contribution < -0.4 is 10.6 Å². The van der Waals surface area contributed by atoms with E-state index in [9.17, 15) is 0 Å². The van der Waals surface area contributed by atoms with Gasteiger partial charge in [0.2, 0.25) is 5.95 Å². The summed E-state index contributed by atoms with van der Waals surface area (Å²) in [6.45, 7) is 3.75. The predicted octanol–water partition coefficient (Wildman–Crippen LogP) is 1.54. The van der Waals surface area contributed by atoms with Crippen molar-refractivity contribution in [3.05, 3.63) is 41.2 Å². The Morgan fingerprint density at radius 1 is 1.16 bits per heavy atom. The minimum atomic E-state index is 0.0132. The first-order valence-electron chi connectivity index (χ1n) is 5.85. The van der Waals surface area contributed by atoms with Crippen LogP contribution >= 0.6 is 0 Å². The molecule has 0 unspecified atom stereocenters. The molecule has 1 aromatic heterocycles. The summed E-state index contributed by atoms with van der Waals surface area (Å²) in [4.78, 5) is 6.16. The highest BCUT2D eigenvalue weighted by Gasteiger charge is 2.13. The van der Waals surface area contributed by atoms with E-state index in [-0.39, 0.29) is 5.84 Å². The van der Waals surface area contributed by atoms with Crippen LogP contribution in [0.15, 0.2) is 24.3 Å². The van der Waals surface area contributed by atoms with Crippen LogP contribution in [-0.2, 0) is 0 Å². The molecular formula is C13H16N6. The molecule has 0 saturated carbocycles. The Kier molecular flexibility index (Phi) is 3.41. The van der Waals surface area contributed by atoms with Gasteiger partial charge in [-0.1, -0.05) is 12.1 Å². The molecule has 0 spiro atoms. The molecule has 0 saturated heterocycles. The number of aromatic nitrogens is 3. The molecule has 3 N–H and O–H groups in total. The van der Waals surface area contributed by atoms with Crippen molar-refractivity contribution in [1.82, 2.24) is 15.2 Å². The van der Waals surface area contributed by atoms with E-state index in [1.54, 1.807) is 11.0 Å². The molecule has 0 amide bonds. The Hall–Kier alpha value is -2.50. The zero-order valence-corrected chi connectivity index (χ0v) is 11.2. The third kappa shape index (κ3) is 2.52. The largest absolute Gasteiger partial charge is 0.384 e. The number of rotatable bonds is 3. The van der Waals surface area contributed by atoms with Crippen molar-refractivity contribution in [2.75, 3.05) is 11.9 Å². The number of amidine groups is 1. The SMILES string of the molecule is Cc1nnc(N(C)c2ccccc2C(=N)N)nc1C. The van der Waals surface area contributed by atoms with Crippen LogP contribution in [0, 0.1) is 19.3 Å². The topological polar surface area (TPSA) is 91.8 Å². The number of nitrogens with two attached hydrogens (primary N) is 1. The summed E-state index contributed by atoms with van der Waals surface area (Å²) in [5, 5.41) is 15.7. The Morgan fingerprint density at radius 3 is 2.47 bits per heavy atom. The first-order valence-corrected chi connectivity index (χ1v) is 5.85. The highest BCUT2D eigenvalue weighted by molar-refractivity contribution is 6.00. The van der Waals surface area contributed by atoms with Gasteiger partial charge in [0, 0.05) is 12.6 Å². The standard InChI is InChI=1S/C13H16N6/c1-8-9(2)17-18-13(16-8)19(3)11-7-5-4-6-10(11)12(14)15/h4-7H,1-3H3,(H3,14,15). The molecule has 0 atom stereocenters. The molecule has 2 rings (SSSR count). The zero-order valence-electron chi connectivity index (χ0n) is 11.2. The van der Waals surface area contributed by atoms with Crippen LogP contribution in [0.5, 0.6) is 0 Å². The number of para-hydroxylation sites is 1. The highest BCUT2D eigenvalue weighted by Crippen LogP contribution is 2.23. The summed E-state index contributed by atoms with van der Waals surface area (Å²) in [5.41, 5.74) is 8.64. The molecule has 0 fully saturated rings. The Bertz CT molecular complexity index is 622. The summed E-state index contributed by atoms with van der Waals surface area (Å²) in [7, 11) is 1.83. The fourth-order valence-corrected chi connectivity index (χ4v) is 1.69. The molecule has 0 aliphatic rings. The zero-order chi connectivity index (χ0) is 14.0. The molecule has 98 valence electrons. The van der Waals surface area contributed by atoms with E-state index in [4.69, 9.17) is 11.1 Å². The quantitative estimate of drug-likeness (QED) is 0.642. The smallest absolute Gasteiger partial charge is 0.249 e. The van der Waals surface area contributed by atoms with E-state index >= 15 is 0 Å². The van der Waals surface area contributed by atoms with Gasteiger partial charge < -0.3 is 10.6 Å². The average Bonchev–Trinajstić information content (AvgIpc) is 2.41. The molecule has 6 nitrogen and oxygen atoms in total. The van der Waals surface area contributed by atoms with Gasteiger partial charge >= 0.3 is 0 Å². The summed E-state index contributed by atoms with van der Waals surface area (Å²) >= 11 is 0. The van der Waals surface area contributed by atoms with E-state index < -0.39 is 0 Å². The van der Waals surface area contributed by atoms with E-state index in [2.05, 4.69) is 15.2 Å². The summed E-state index contributed by atoms with van der Waals surface area (Å²) < 4.78 is 0. The minimum absolute atomic E-state index is 0.0132. The second-order valence-electron chi connectivity index (χ2n) is 4.27. The minimum Gasteiger partial charge on any atom is -0.384 e. The number of nitrogens with one attached hydrogen (secondary N) is 1. The van der Waals surface area contributed by atoms with E-state index in [0.29, 0.717) is 11.5 Å². The lowest BCUT2D eigenvalue weighted by Crippen LogP contribution is -2.20. The van der Waals surface area contributed by atoms with Gasteiger partial charge in [0.1, 0.15) is 5.84 Å². The number of benzene rings is 1. The predicted molar refractivity (Wildman–Crippen MR) is 74.8 cm³/mol. The molecule has 0 bridgehead atoms. The third-order valence-electron chi connectivity index (χ3n) is 2.94. The van der Waals surface area contributed by atoms with Crippen LogP contribution in [0.25, 0.3) is 0 Å². The lowest BCUT2D eigenvalue weighted by atomic mass is 10.1. The first-order chi connectivity index (χ1) is 9.00. The molecule has 0 aliphatic heterocycles. The van der Waals surface area contributed by atoms with Crippen molar-refractivity contribution in [1.29, 1.82) is 5.41 Å². The number of hydrogen-bond acceptors (Lipinski definition) is 5. The molecular weight excluding hydrogens is 240 g/mol. The Morgan fingerprint density at radius 2 is 1.84 bits per heavy atom. The maximum Gasteiger partial charge on any atom is 0.249 e. The van der Waals surface area contributed by atoms with Crippen LogP contribution in [0.3, 0.4) is 0 Å². The lowest BCUT2D eigenvalue weighted by Gasteiger charge is -2.20. The van der Waals surface area contributed by atoms with Crippen molar-refractivity contribution < 1.29 is 0 Å². The van der Waals surface area contributed by atoms with Gasteiger partial charge in [-0.05, 0) is 26.0 Å². The summed E-state index contributed by atoms with van der Waals surface area (Å²) in [6.07, 6.45) is 0. The normalized spacial score (nSPS) is 10.3. The maximum atomic E-state index is 7.60. The van der Waals surface area contributed by atoms with Gasteiger partial charge in [-0.3, -0.25) is 5.41 Å². The van der Waals surface area contributed by atoms with Crippen LogP contribution in [0.1, 0.15) is 17.0 Å². The van der Waals surface area contributed by atoms with Gasteiger partial charge in [0.25, 0.3) is 0 Å². The number of aryl methyl sites for hydroxylation is 2. The number of nitrogen functional groups attached to an aromatic ring is 1. The molecule has 2 aromatic rings. The van der Waals surface area contributed by atoms with Crippen molar-refractivity contribution in [3.63, 3.8) is 0 Å². The molecule has 6 heteroatoms. The van der Waals surface area contributed by atoms with Gasteiger partial charge in [-0.25, -0.2) is 4.98 Å². The summed E-state index contributed by atoms with van der Waals surface area (Å²) in [5.74, 6) is 0.496. The Balaban J connectivity index is 2.46. The maximum absolute atomic E-state index is 7.60. The van der Waals surface area contributed by atoms with Crippen molar-refractivity contribution in [3.8, 4) is 0 Å². The number of anilines is 2. The molecule has 0 radical (unpaired) electrons. The van der Waals surface area contributed by atoms with Crippen molar-refractivity contribution in [2.45, 2.75) is 13.8 Å². The molecule has 1 aromatic carbocycles. The monoisotopic (exact) mass is 256 g/mol. The second kappa shape index (κ2) is 5.01. The van der Waals surface area contributed by atoms with E-state index in [0.717, 1.165) is 17.1 Å². The fourth-order valence-electron chi connectivity index (χ4n) is 1.69. The number of nitrogens with zero attached hydrogens (tertiary/aromatic N) is 4.